The maximum absolute atomic E-state index is 12.8. The lowest BCUT2D eigenvalue weighted by atomic mass is 10.1. The smallest absolute Gasteiger partial charge is 0.334 e. The standard InChI is InChI=1S/C18H13F3N4OS2/c1-24(9-15-22-6-7-27-15)16(26)14-10-28-17-23-13(8-25(14)17)11-2-4-12(5-3-11)18(19,20)21/h2-8,10H,9H2,1H3. The molecule has 3 heterocycles. The summed E-state index contributed by atoms with van der Waals surface area (Å²) in [6.07, 6.45) is -1.03. The zero-order valence-corrected chi connectivity index (χ0v) is 16.1. The first-order chi connectivity index (χ1) is 13.3. The lowest BCUT2D eigenvalue weighted by Gasteiger charge is -2.14. The highest BCUT2D eigenvalue weighted by Gasteiger charge is 2.30. The predicted octanol–water partition coefficient (Wildman–Crippen LogP) is 4.81. The molecule has 3 aromatic heterocycles. The van der Waals surface area contributed by atoms with Crippen LogP contribution in [0.2, 0.25) is 0 Å². The predicted molar refractivity (Wildman–Crippen MR) is 101 cm³/mol. The van der Waals surface area contributed by atoms with E-state index >= 15 is 0 Å². The van der Waals surface area contributed by atoms with Crippen LogP contribution in [0.5, 0.6) is 0 Å². The SMILES string of the molecule is CN(Cc1nccs1)C(=O)c1csc2nc(-c3ccc(C(F)(F)F)cc3)cn12. The lowest BCUT2D eigenvalue weighted by Crippen LogP contribution is -2.27. The number of hydrogen-bond acceptors (Lipinski definition) is 5. The van der Waals surface area contributed by atoms with Crippen molar-refractivity contribution in [2.45, 2.75) is 12.7 Å². The van der Waals surface area contributed by atoms with Gasteiger partial charge in [0, 0.05) is 35.8 Å². The molecule has 0 N–H and O–H groups in total. The topological polar surface area (TPSA) is 50.5 Å². The number of fused-ring (bicyclic) bond motifs is 1. The molecule has 0 bridgehead atoms. The van der Waals surface area contributed by atoms with Gasteiger partial charge in [-0.3, -0.25) is 9.20 Å². The number of hydrogen-bond donors (Lipinski definition) is 0. The number of nitrogens with zero attached hydrogens (tertiary/aromatic N) is 4. The van der Waals surface area contributed by atoms with E-state index in [1.807, 2.05) is 5.38 Å². The second-order valence-corrected chi connectivity index (χ2v) is 7.88. The molecule has 0 saturated carbocycles. The van der Waals surface area contributed by atoms with E-state index in [0.29, 0.717) is 28.5 Å². The van der Waals surface area contributed by atoms with E-state index in [-0.39, 0.29) is 5.91 Å². The van der Waals surface area contributed by atoms with Gasteiger partial charge in [0.2, 0.25) is 0 Å². The van der Waals surface area contributed by atoms with Crippen molar-refractivity contribution >= 4 is 33.5 Å². The van der Waals surface area contributed by atoms with Crippen molar-refractivity contribution in [3.05, 3.63) is 63.7 Å². The molecule has 4 aromatic rings. The highest BCUT2D eigenvalue weighted by molar-refractivity contribution is 7.15. The van der Waals surface area contributed by atoms with Crippen molar-refractivity contribution < 1.29 is 18.0 Å². The largest absolute Gasteiger partial charge is 0.416 e. The summed E-state index contributed by atoms with van der Waals surface area (Å²) in [6, 6.07) is 4.81. The van der Waals surface area contributed by atoms with Crippen LogP contribution in [0.4, 0.5) is 13.2 Å². The molecule has 0 atom stereocenters. The van der Waals surface area contributed by atoms with Gasteiger partial charge in [-0.25, -0.2) is 9.97 Å². The summed E-state index contributed by atoms with van der Waals surface area (Å²) in [7, 11) is 1.70. The van der Waals surface area contributed by atoms with Gasteiger partial charge in [0.15, 0.2) is 4.96 Å². The minimum atomic E-state index is -4.38. The molecule has 0 unspecified atom stereocenters. The third kappa shape index (κ3) is 3.52. The minimum absolute atomic E-state index is 0.183. The number of carbonyl (C=O) groups is 1. The van der Waals surface area contributed by atoms with E-state index in [0.717, 1.165) is 17.1 Å². The van der Waals surface area contributed by atoms with Crippen molar-refractivity contribution in [1.82, 2.24) is 19.3 Å². The van der Waals surface area contributed by atoms with Gasteiger partial charge in [-0.15, -0.1) is 22.7 Å². The van der Waals surface area contributed by atoms with Gasteiger partial charge in [0.25, 0.3) is 5.91 Å². The molecule has 0 saturated heterocycles. The number of amides is 1. The summed E-state index contributed by atoms with van der Waals surface area (Å²) in [5.74, 6) is -0.183. The number of halogens is 3. The van der Waals surface area contributed by atoms with Gasteiger partial charge in [-0.05, 0) is 12.1 Å². The van der Waals surface area contributed by atoms with E-state index < -0.39 is 11.7 Å². The molecule has 0 aliphatic carbocycles. The molecule has 0 fully saturated rings. The molecular weight excluding hydrogens is 409 g/mol. The van der Waals surface area contributed by atoms with Crippen molar-refractivity contribution in [3.8, 4) is 11.3 Å². The zero-order chi connectivity index (χ0) is 19.9. The first kappa shape index (κ1) is 18.6. The van der Waals surface area contributed by atoms with Gasteiger partial charge in [-0.1, -0.05) is 12.1 Å². The Morgan fingerprint density at radius 3 is 2.61 bits per heavy atom. The van der Waals surface area contributed by atoms with E-state index in [9.17, 15) is 18.0 Å². The Hall–Kier alpha value is -2.72. The van der Waals surface area contributed by atoms with Crippen LogP contribution < -0.4 is 0 Å². The zero-order valence-electron chi connectivity index (χ0n) is 14.5. The van der Waals surface area contributed by atoms with Gasteiger partial charge in [0.05, 0.1) is 17.8 Å². The number of alkyl halides is 3. The molecule has 0 aliphatic heterocycles. The summed E-state index contributed by atoms with van der Waals surface area (Å²) < 4.78 is 39.9. The maximum Gasteiger partial charge on any atom is 0.416 e. The molecule has 144 valence electrons. The number of aromatic nitrogens is 3. The van der Waals surface area contributed by atoms with Gasteiger partial charge < -0.3 is 4.90 Å². The maximum atomic E-state index is 12.8. The summed E-state index contributed by atoms with van der Waals surface area (Å²) in [4.78, 5) is 23.6. The molecule has 5 nitrogen and oxygen atoms in total. The number of imidazole rings is 1. The molecule has 10 heteroatoms. The van der Waals surface area contributed by atoms with E-state index in [2.05, 4.69) is 9.97 Å². The molecule has 0 spiro atoms. The van der Waals surface area contributed by atoms with Crippen LogP contribution in [0.15, 0.2) is 47.4 Å². The normalized spacial score (nSPS) is 11.9. The Balaban J connectivity index is 1.61. The van der Waals surface area contributed by atoms with Crippen LogP contribution in [0.1, 0.15) is 21.1 Å². The fourth-order valence-corrected chi connectivity index (χ4v) is 4.22. The highest BCUT2D eigenvalue weighted by Crippen LogP contribution is 2.31. The number of carbonyl (C=O) groups excluding carboxylic acids is 1. The van der Waals surface area contributed by atoms with Crippen molar-refractivity contribution in [3.63, 3.8) is 0 Å². The van der Waals surface area contributed by atoms with Gasteiger partial charge >= 0.3 is 6.18 Å². The molecule has 1 aromatic carbocycles. The van der Waals surface area contributed by atoms with Gasteiger partial charge in [-0.2, -0.15) is 13.2 Å². The monoisotopic (exact) mass is 422 g/mol. The fraction of sp³-hybridized carbons (Fsp3) is 0.167. The minimum Gasteiger partial charge on any atom is -0.334 e. The van der Waals surface area contributed by atoms with E-state index in [4.69, 9.17) is 0 Å². The average molecular weight is 422 g/mol. The number of rotatable bonds is 4. The van der Waals surface area contributed by atoms with Crippen LogP contribution in [0.25, 0.3) is 16.2 Å². The van der Waals surface area contributed by atoms with Crippen LogP contribution >= 0.6 is 22.7 Å². The second kappa shape index (κ2) is 7.02. The van der Waals surface area contributed by atoms with E-state index in [1.165, 1.54) is 34.8 Å². The summed E-state index contributed by atoms with van der Waals surface area (Å²) >= 11 is 2.77. The molecule has 0 aliphatic rings. The Labute approximate surface area is 165 Å². The number of benzene rings is 1. The summed E-state index contributed by atoms with van der Waals surface area (Å²) in [6.45, 7) is 0.397. The van der Waals surface area contributed by atoms with Gasteiger partial charge in [0.1, 0.15) is 10.7 Å². The van der Waals surface area contributed by atoms with Crippen molar-refractivity contribution in [2.24, 2.45) is 0 Å². The van der Waals surface area contributed by atoms with Crippen LogP contribution in [-0.4, -0.2) is 32.2 Å². The van der Waals surface area contributed by atoms with Crippen molar-refractivity contribution in [1.29, 1.82) is 0 Å². The van der Waals surface area contributed by atoms with Crippen LogP contribution in [0.3, 0.4) is 0 Å². The average Bonchev–Trinajstić information content (AvgIpc) is 3.37. The van der Waals surface area contributed by atoms with E-state index in [1.54, 1.807) is 34.1 Å². The molecule has 4 rings (SSSR count). The Bertz CT molecular complexity index is 1110. The van der Waals surface area contributed by atoms with Crippen LogP contribution in [0, 0.1) is 0 Å². The fourth-order valence-electron chi connectivity index (χ4n) is 2.71. The van der Waals surface area contributed by atoms with Crippen LogP contribution in [-0.2, 0) is 12.7 Å². The molecule has 0 radical (unpaired) electrons. The molecule has 1 amide bonds. The first-order valence-corrected chi connectivity index (χ1v) is 9.87. The first-order valence-electron chi connectivity index (χ1n) is 8.11. The summed E-state index contributed by atoms with van der Waals surface area (Å²) in [5.41, 5.74) is 0.803. The Morgan fingerprint density at radius 2 is 1.96 bits per heavy atom. The Kier molecular flexibility index (Phi) is 4.68. The summed E-state index contributed by atoms with van der Waals surface area (Å²) in [5, 5.41) is 4.40. The molecular formula is C18H13F3N4OS2. The van der Waals surface area contributed by atoms with Crippen molar-refractivity contribution in [2.75, 3.05) is 7.05 Å². The molecule has 28 heavy (non-hydrogen) atoms. The lowest BCUT2D eigenvalue weighted by molar-refractivity contribution is -0.137. The Morgan fingerprint density at radius 1 is 1.21 bits per heavy atom. The third-order valence-electron chi connectivity index (χ3n) is 4.14. The highest BCUT2D eigenvalue weighted by atomic mass is 32.1. The number of thiazole rings is 2. The second-order valence-electron chi connectivity index (χ2n) is 6.06. The quantitative estimate of drug-likeness (QED) is 0.474. The third-order valence-corrected chi connectivity index (χ3v) is 5.74.